The first-order chi connectivity index (χ1) is 9.20. The zero-order valence-corrected chi connectivity index (χ0v) is 11.8. The fourth-order valence-corrected chi connectivity index (χ4v) is 3.07. The number of hydrogen-bond donors (Lipinski definition) is 2. The first-order valence-electron chi connectivity index (χ1n) is 7.40. The van der Waals surface area contributed by atoms with Gasteiger partial charge in [0.2, 0.25) is 11.8 Å². The number of hydrogen-bond acceptors (Lipinski definition) is 3. The van der Waals surface area contributed by atoms with Crippen molar-refractivity contribution in [2.45, 2.75) is 32.1 Å². The summed E-state index contributed by atoms with van der Waals surface area (Å²) in [6.45, 7) is 3.52. The van der Waals surface area contributed by atoms with Gasteiger partial charge in [-0.25, -0.2) is 0 Å². The number of piperidine rings is 2. The molecule has 2 aliphatic heterocycles. The average Bonchev–Trinajstić information content (AvgIpc) is 2.47. The lowest BCUT2D eigenvalue weighted by Crippen LogP contribution is -2.43. The van der Waals surface area contributed by atoms with Crippen molar-refractivity contribution < 1.29 is 9.59 Å². The summed E-state index contributed by atoms with van der Waals surface area (Å²) in [5.41, 5.74) is 0. The molecule has 2 N–H and O–H groups in total. The Kier molecular flexibility index (Phi) is 5.19. The predicted octanol–water partition coefficient (Wildman–Crippen LogP) is 0.361. The highest BCUT2D eigenvalue weighted by Crippen LogP contribution is 2.20. The van der Waals surface area contributed by atoms with E-state index in [1.807, 2.05) is 4.90 Å². The third-order valence-corrected chi connectivity index (χ3v) is 4.33. The van der Waals surface area contributed by atoms with Gasteiger partial charge in [0.05, 0.1) is 0 Å². The summed E-state index contributed by atoms with van der Waals surface area (Å²) in [5.74, 6) is 0.968. The standard InChI is InChI=1S/C14H25N3O2/c1-15-14(19)12-4-7-17(8-5-12)13(18)9-11-3-2-6-16-10-11/h11-12,16H,2-10H2,1H3,(H,15,19). The highest BCUT2D eigenvalue weighted by Gasteiger charge is 2.28. The van der Waals surface area contributed by atoms with Crippen molar-refractivity contribution in [1.29, 1.82) is 0 Å². The maximum atomic E-state index is 12.2. The third-order valence-electron chi connectivity index (χ3n) is 4.33. The van der Waals surface area contributed by atoms with E-state index in [1.54, 1.807) is 7.05 Å². The highest BCUT2D eigenvalue weighted by molar-refractivity contribution is 5.80. The van der Waals surface area contributed by atoms with Gasteiger partial charge in [-0.05, 0) is 44.7 Å². The molecular formula is C14H25N3O2. The van der Waals surface area contributed by atoms with Crippen LogP contribution in [-0.2, 0) is 9.59 Å². The molecule has 108 valence electrons. The van der Waals surface area contributed by atoms with Crippen molar-refractivity contribution in [3.63, 3.8) is 0 Å². The minimum Gasteiger partial charge on any atom is -0.359 e. The summed E-state index contributed by atoms with van der Waals surface area (Å²) >= 11 is 0. The van der Waals surface area contributed by atoms with Gasteiger partial charge in [0, 0.05) is 32.5 Å². The minimum atomic E-state index is 0.0883. The number of amides is 2. The van der Waals surface area contributed by atoms with Crippen LogP contribution >= 0.6 is 0 Å². The van der Waals surface area contributed by atoms with Gasteiger partial charge in [-0.1, -0.05) is 0 Å². The number of carbonyl (C=O) groups excluding carboxylic acids is 2. The number of likely N-dealkylation sites (tertiary alicyclic amines) is 1. The first-order valence-corrected chi connectivity index (χ1v) is 7.40. The van der Waals surface area contributed by atoms with Crippen molar-refractivity contribution in [2.24, 2.45) is 11.8 Å². The van der Waals surface area contributed by atoms with Crippen molar-refractivity contribution in [2.75, 3.05) is 33.2 Å². The molecule has 2 amide bonds. The van der Waals surface area contributed by atoms with Crippen LogP contribution in [0.4, 0.5) is 0 Å². The Balaban J connectivity index is 1.74. The Bertz CT molecular complexity index is 319. The van der Waals surface area contributed by atoms with Crippen LogP contribution in [0.25, 0.3) is 0 Å². The van der Waals surface area contributed by atoms with Crippen LogP contribution in [0.5, 0.6) is 0 Å². The molecule has 2 fully saturated rings. The fourth-order valence-electron chi connectivity index (χ4n) is 3.07. The molecule has 0 radical (unpaired) electrons. The molecule has 0 aromatic carbocycles. The molecule has 2 rings (SSSR count). The molecule has 0 aliphatic carbocycles. The van der Waals surface area contributed by atoms with Crippen LogP contribution < -0.4 is 10.6 Å². The molecule has 0 spiro atoms. The molecule has 2 heterocycles. The van der Waals surface area contributed by atoms with Gasteiger partial charge in [-0.3, -0.25) is 9.59 Å². The van der Waals surface area contributed by atoms with Crippen molar-refractivity contribution in [3.05, 3.63) is 0 Å². The van der Waals surface area contributed by atoms with Gasteiger partial charge < -0.3 is 15.5 Å². The monoisotopic (exact) mass is 267 g/mol. The topological polar surface area (TPSA) is 61.4 Å². The largest absolute Gasteiger partial charge is 0.359 e. The highest BCUT2D eigenvalue weighted by atomic mass is 16.2. The van der Waals surface area contributed by atoms with Crippen LogP contribution in [0.15, 0.2) is 0 Å². The van der Waals surface area contributed by atoms with Crippen molar-refractivity contribution >= 4 is 11.8 Å². The molecule has 5 nitrogen and oxygen atoms in total. The van der Waals surface area contributed by atoms with E-state index in [2.05, 4.69) is 10.6 Å². The third kappa shape index (κ3) is 3.93. The van der Waals surface area contributed by atoms with Crippen LogP contribution in [-0.4, -0.2) is 49.9 Å². The second kappa shape index (κ2) is 6.89. The fraction of sp³-hybridized carbons (Fsp3) is 0.857. The van der Waals surface area contributed by atoms with Gasteiger partial charge >= 0.3 is 0 Å². The van der Waals surface area contributed by atoms with Crippen molar-refractivity contribution in [1.82, 2.24) is 15.5 Å². The van der Waals surface area contributed by atoms with Gasteiger partial charge in [-0.15, -0.1) is 0 Å². The predicted molar refractivity (Wildman–Crippen MR) is 73.6 cm³/mol. The Labute approximate surface area is 115 Å². The van der Waals surface area contributed by atoms with E-state index in [4.69, 9.17) is 0 Å². The Morgan fingerprint density at radius 3 is 2.58 bits per heavy atom. The second-order valence-corrected chi connectivity index (χ2v) is 5.69. The second-order valence-electron chi connectivity index (χ2n) is 5.69. The van der Waals surface area contributed by atoms with Crippen LogP contribution in [0, 0.1) is 11.8 Å². The van der Waals surface area contributed by atoms with E-state index in [1.165, 1.54) is 6.42 Å². The molecule has 0 aromatic heterocycles. The van der Waals surface area contributed by atoms with Gasteiger partial charge in [0.1, 0.15) is 0 Å². The van der Waals surface area contributed by atoms with E-state index in [-0.39, 0.29) is 17.7 Å². The van der Waals surface area contributed by atoms with Crippen LogP contribution in [0.2, 0.25) is 0 Å². The zero-order chi connectivity index (χ0) is 13.7. The molecule has 0 bridgehead atoms. The molecule has 1 atom stereocenters. The zero-order valence-electron chi connectivity index (χ0n) is 11.8. The summed E-state index contributed by atoms with van der Waals surface area (Å²) in [5, 5.41) is 6.04. The molecular weight excluding hydrogens is 242 g/mol. The molecule has 2 saturated heterocycles. The molecule has 2 aliphatic rings. The minimum absolute atomic E-state index is 0.0883. The summed E-state index contributed by atoms with van der Waals surface area (Å²) in [4.78, 5) is 25.7. The molecule has 5 heteroatoms. The number of nitrogens with zero attached hydrogens (tertiary/aromatic N) is 1. The van der Waals surface area contributed by atoms with E-state index >= 15 is 0 Å². The maximum Gasteiger partial charge on any atom is 0.222 e. The van der Waals surface area contributed by atoms with Gasteiger partial charge in [0.25, 0.3) is 0 Å². The van der Waals surface area contributed by atoms with E-state index in [0.717, 1.165) is 45.4 Å². The Morgan fingerprint density at radius 1 is 1.26 bits per heavy atom. The molecule has 0 aromatic rings. The summed E-state index contributed by atoms with van der Waals surface area (Å²) < 4.78 is 0. The van der Waals surface area contributed by atoms with Gasteiger partial charge in [0.15, 0.2) is 0 Å². The quantitative estimate of drug-likeness (QED) is 0.776. The molecule has 0 saturated carbocycles. The Morgan fingerprint density at radius 2 is 2.00 bits per heavy atom. The summed E-state index contributed by atoms with van der Waals surface area (Å²) in [6, 6.07) is 0. The number of nitrogens with one attached hydrogen (secondary N) is 2. The smallest absolute Gasteiger partial charge is 0.222 e. The maximum absolute atomic E-state index is 12.2. The average molecular weight is 267 g/mol. The summed E-state index contributed by atoms with van der Waals surface area (Å²) in [6.07, 6.45) is 4.60. The lowest BCUT2D eigenvalue weighted by Gasteiger charge is -2.32. The molecule has 1 unspecified atom stereocenters. The summed E-state index contributed by atoms with van der Waals surface area (Å²) in [7, 11) is 1.68. The van der Waals surface area contributed by atoms with E-state index in [9.17, 15) is 9.59 Å². The van der Waals surface area contributed by atoms with E-state index < -0.39 is 0 Å². The lowest BCUT2D eigenvalue weighted by molar-refractivity contribution is -0.136. The van der Waals surface area contributed by atoms with Crippen LogP contribution in [0.3, 0.4) is 0 Å². The van der Waals surface area contributed by atoms with Crippen molar-refractivity contribution in [3.8, 4) is 0 Å². The SMILES string of the molecule is CNC(=O)C1CCN(C(=O)CC2CCCNC2)CC1. The molecule has 19 heavy (non-hydrogen) atoms. The van der Waals surface area contributed by atoms with Gasteiger partial charge in [-0.2, -0.15) is 0 Å². The number of rotatable bonds is 3. The first kappa shape index (κ1) is 14.3. The Hall–Kier alpha value is -1.10. The lowest BCUT2D eigenvalue weighted by atomic mass is 9.93. The van der Waals surface area contributed by atoms with Crippen LogP contribution in [0.1, 0.15) is 32.1 Å². The van der Waals surface area contributed by atoms with E-state index in [0.29, 0.717) is 12.3 Å². The normalized spacial score (nSPS) is 25.1. The number of carbonyl (C=O) groups is 2.